The number of nitrogens with zero attached hydrogens (tertiary/aromatic N) is 1. The molecule has 0 aliphatic carbocycles. The molecule has 1 N–H and O–H groups in total. The molecule has 1 aromatic carbocycles. The molecule has 0 fully saturated rings. The van der Waals surface area contributed by atoms with E-state index in [-0.39, 0.29) is 11.3 Å². The summed E-state index contributed by atoms with van der Waals surface area (Å²) >= 11 is 5.99. The highest BCUT2D eigenvalue weighted by Crippen LogP contribution is 2.29. The molecule has 4 heteroatoms. The van der Waals surface area contributed by atoms with Gasteiger partial charge in [0.2, 0.25) is 0 Å². The van der Waals surface area contributed by atoms with Crippen LogP contribution in [-0.4, -0.2) is 10.9 Å². The van der Waals surface area contributed by atoms with Gasteiger partial charge in [-0.1, -0.05) is 50.6 Å². The largest absolute Gasteiger partial charge is 0.322 e. The number of rotatable bonds is 2. The molecule has 20 heavy (non-hydrogen) atoms. The lowest BCUT2D eigenvalue weighted by molar-refractivity contribution is 0.102. The number of para-hydroxylation sites is 1. The molecule has 0 aliphatic rings. The highest BCUT2D eigenvalue weighted by atomic mass is 35.5. The van der Waals surface area contributed by atoms with Crippen LogP contribution in [0.2, 0.25) is 5.02 Å². The van der Waals surface area contributed by atoms with Gasteiger partial charge in [-0.3, -0.25) is 9.78 Å². The normalized spacial score (nSPS) is 11.2. The molecule has 0 saturated carbocycles. The van der Waals surface area contributed by atoms with E-state index in [0.717, 1.165) is 11.3 Å². The lowest BCUT2D eigenvalue weighted by Crippen LogP contribution is -2.19. The molecule has 0 saturated heterocycles. The number of hydrogen-bond donors (Lipinski definition) is 1. The third-order valence-electron chi connectivity index (χ3n) is 3.00. The Bertz CT molecular complexity index is 632. The maximum atomic E-state index is 12.3. The van der Waals surface area contributed by atoms with Gasteiger partial charge in [-0.25, -0.2) is 0 Å². The Morgan fingerprint density at radius 2 is 1.90 bits per heavy atom. The number of pyridine rings is 1. The van der Waals surface area contributed by atoms with E-state index in [4.69, 9.17) is 11.6 Å². The van der Waals surface area contributed by atoms with Crippen LogP contribution >= 0.6 is 11.6 Å². The lowest BCUT2D eigenvalue weighted by atomic mass is 9.86. The summed E-state index contributed by atoms with van der Waals surface area (Å²) < 4.78 is 0. The van der Waals surface area contributed by atoms with Crippen LogP contribution in [0.5, 0.6) is 0 Å². The van der Waals surface area contributed by atoms with Crippen LogP contribution in [0.4, 0.5) is 5.69 Å². The van der Waals surface area contributed by atoms with Gasteiger partial charge in [0.05, 0.1) is 10.6 Å². The van der Waals surface area contributed by atoms with Gasteiger partial charge in [-0.05, 0) is 23.1 Å². The van der Waals surface area contributed by atoms with Crippen molar-refractivity contribution in [3.8, 4) is 0 Å². The fourth-order valence-corrected chi connectivity index (χ4v) is 2.20. The minimum atomic E-state index is -0.228. The van der Waals surface area contributed by atoms with E-state index in [1.807, 2.05) is 24.3 Å². The summed E-state index contributed by atoms with van der Waals surface area (Å²) in [5.41, 5.74) is 2.26. The fourth-order valence-electron chi connectivity index (χ4n) is 2.00. The number of hydrogen-bond acceptors (Lipinski definition) is 2. The zero-order valence-corrected chi connectivity index (χ0v) is 12.5. The van der Waals surface area contributed by atoms with Crippen molar-refractivity contribution >= 4 is 23.2 Å². The molecular formula is C16H17ClN2O. The van der Waals surface area contributed by atoms with Gasteiger partial charge in [0, 0.05) is 18.1 Å². The van der Waals surface area contributed by atoms with Crippen LogP contribution < -0.4 is 5.32 Å². The summed E-state index contributed by atoms with van der Waals surface area (Å²) in [7, 11) is 0. The topological polar surface area (TPSA) is 42.0 Å². The second kappa shape index (κ2) is 5.63. The number of halogens is 1. The van der Waals surface area contributed by atoms with Crippen LogP contribution in [0.1, 0.15) is 36.7 Å². The molecule has 0 bridgehead atoms. The number of anilines is 1. The van der Waals surface area contributed by atoms with Crippen molar-refractivity contribution in [2.24, 2.45) is 0 Å². The number of carbonyl (C=O) groups is 1. The first-order valence-corrected chi connectivity index (χ1v) is 6.78. The van der Waals surface area contributed by atoms with Gasteiger partial charge in [-0.15, -0.1) is 0 Å². The molecular weight excluding hydrogens is 272 g/mol. The molecule has 1 aromatic heterocycles. The van der Waals surface area contributed by atoms with Crippen molar-refractivity contribution in [2.75, 3.05) is 5.32 Å². The fraction of sp³-hybridized carbons (Fsp3) is 0.250. The average Bonchev–Trinajstić information content (AvgIpc) is 2.38. The smallest absolute Gasteiger partial charge is 0.257 e. The minimum Gasteiger partial charge on any atom is -0.322 e. The Morgan fingerprint density at radius 1 is 1.20 bits per heavy atom. The zero-order valence-electron chi connectivity index (χ0n) is 11.8. The van der Waals surface area contributed by atoms with Crippen molar-refractivity contribution in [2.45, 2.75) is 26.2 Å². The first kappa shape index (κ1) is 14.5. The van der Waals surface area contributed by atoms with Crippen molar-refractivity contribution < 1.29 is 4.79 Å². The predicted molar refractivity (Wildman–Crippen MR) is 82.3 cm³/mol. The van der Waals surface area contributed by atoms with Crippen LogP contribution in [0.25, 0.3) is 0 Å². The van der Waals surface area contributed by atoms with Crippen molar-refractivity contribution in [3.05, 3.63) is 58.9 Å². The van der Waals surface area contributed by atoms with Crippen LogP contribution in [0.3, 0.4) is 0 Å². The highest BCUT2D eigenvalue weighted by Gasteiger charge is 2.19. The third kappa shape index (κ3) is 3.17. The Labute approximate surface area is 124 Å². The summed E-state index contributed by atoms with van der Waals surface area (Å²) in [6.07, 6.45) is 3.02. The summed E-state index contributed by atoms with van der Waals surface area (Å²) in [6, 6.07) is 9.39. The van der Waals surface area contributed by atoms with E-state index in [1.165, 1.54) is 6.20 Å². The number of amides is 1. The molecule has 3 nitrogen and oxygen atoms in total. The molecule has 2 aromatic rings. The maximum Gasteiger partial charge on any atom is 0.257 e. The van der Waals surface area contributed by atoms with E-state index < -0.39 is 0 Å². The van der Waals surface area contributed by atoms with E-state index in [1.54, 1.807) is 12.3 Å². The van der Waals surface area contributed by atoms with Crippen molar-refractivity contribution in [1.29, 1.82) is 0 Å². The first-order valence-electron chi connectivity index (χ1n) is 6.40. The Hall–Kier alpha value is -1.87. The predicted octanol–water partition coefficient (Wildman–Crippen LogP) is 4.28. The van der Waals surface area contributed by atoms with Crippen molar-refractivity contribution in [3.63, 3.8) is 0 Å². The Morgan fingerprint density at radius 3 is 2.55 bits per heavy atom. The first-order chi connectivity index (χ1) is 9.39. The highest BCUT2D eigenvalue weighted by molar-refractivity contribution is 6.34. The monoisotopic (exact) mass is 288 g/mol. The molecule has 0 radical (unpaired) electrons. The minimum absolute atomic E-state index is 0.0497. The number of nitrogens with one attached hydrogen (secondary N) is 1. The number of carbonyl (C=O) groups excluding carboxylic acids is 1. The van der Waals surface area contributed by atoms with Gasteiger partial charge in [0.1, 0.15) is 0 Å². The molecule has 0 atom stereocenters. The van der Waals surface area contributed by atoms with Gasteiger partial charge < -0.3 is 5.32 Å². The Kier molecular flexibility index (Phi) is 4.09. The van der Waals surface area contributed by atoms with E-state index >= 15 is 0 Å². The number of aromatic nitrogens is 1. The maximum absolute atomic E-state index is 12.3. The molecule has 2 rings (SSSR count). The van der Waals surface area contributed by atoms with Gasteiger partial charge in [0.15, 0.2) is 0 Å². The third-order valence-corrected chi connectivity index (χ3v) is 3.30. The number of benzene rings is 1. The molecule has 1 heterocycles. The second-order valence-electron chi connectivity index (χ2n) is 5.61. The van der Waals surface area contributed by atoms with Crippen LogP contribution in [0, 0.1) is 0 Å². The second-order valence-corrected chi connectivity index (χ2v) is 6.01. The van der Waals surface area contributed by atoms with E-state index in [2.05, 4.69) is 31.1 Å². The van der Waals surface area contributed by atoms with Gasteiger partial charge >= 0.3 is 0 Å². The van der Waals surface area contributed by atoms with Crippen LogP contribution in [0.15, 0.2) is 42.7 Å². The zero-order chi connectivity index (χ0) is 14.8. The average molecular weight is 289 g/mol. The van der Waals surface area contributed by atoms with E-state index in [0.29, 0.717) is 10.6 Å². The van der Waals surface area contributed by atoms with E-state index in [9.17, 15) is 4.79 Å². The summed E-state index contributed by atoms with van der Waals surface area (Å²) in [4.78, 5) is 16.2. The van der Waals surface area contributed by atoms with Crippen molar-refractivity contribution in [1.82, 2.24) is 4.98 Å². The molecule has 104 valence electrons. The SMILES string of the molecule is CC(C)(C)c1ccccc1NC(=O)c1ccncc1Cl. The Balaban J connectivity index is 2.32. The van der Waals surface area contributed by atoms with Crippen LogP contribution in [-0.2, 0) is 5.41 Å². The van der Waals surface area contributed by atoms with Gasteiger partial charge in [-0.2, -0.15) is 0 Å². The summed E-state index contributed by atoms with van der Waals surface area (Å²) in [5.74, 6) is -0.228. The molecule has 1 amide bonds. The quantitative estimate of drug-likeness (QED) is 0.896. The lowest BCUT2D eigenvalue weighted by Gasteiger charge is -2.23. The molecule has 0 aliphatic heterocycles. The summed E-state index contributed by atoms with van der Waals surface area (Å²) in [6.45, 7) is 6.33. The molecule has 0 unspecified atom stereocenters. The van der Waals surface area contributed by atoms with Gasteiger partial charge in [0.25, 0.3) is 5.91 Å². The summed E-state index contributed by atoms with van der Waals surface area (Å²) in [5, 5.41) is 3.27. The molecule has 0 spiro atoms. The standard InChI is InChI=1S/C16H17ClN2O/c1-16(2,3)12-6-4-5-7-14(12)19-15(20)11-8-9-18-10-13(11)17/h4-10H,1-3H3,(H,19,20).